The molecule has 2 nitrogen and oxygen atoms in total. The predicted octanol–water partition coefficient (Wildman–Crippen LogP) is 5.68. The average molecular weight is 314 g/mol. The van der Waals surface area contributed by atoms with E-state index < -0.39 is 0 Å². The Bertz CT molecular complexity index is 980. The SMILES string of the molecule is COc1ccc(-c2c3ccccc3cc3ccccc23)c(OC)c1. The number of hydrogen-bond donors (Lipinski definition) is 0. The van der Waals surface area contributed by atoms with Gasteiger partial charge in [-0.3, -0.25) is 0 Å². The summed E-state index contributed by atoms with van der Waals surface area (Å²) < 4.78 is 11.0. The third kappa shape index (κ3) is 2.28. The maximum atomic E-state index is 5.66. The van der Waals surface area contributed by atoms with E-state index in [1.54, 1.807) is 14.2 Å². The Labute approximate surface area is 141 Å². The molecule has 0 heterocycles. The summed E-state index contributed by atoms with van der Waals surface area (Å²) in [4.78, 5) is 0. The Balaban J connectivity index is 2.15. The Kier molecular flexibility index (Phi) is 3.58. The smallest absolute Gasteiger partial charge is 0.130 e. The van der Waals surface area contributed by atoms with Crippen molar-refractivity contribution < 1.29 is 9.47 Å². The molecule has 0 radical (unpaired) electrons. The van der Waals surface area contributed by atoms with Crippen LogP contribution in [0.15, 0.2) is 72.8 Å². The van der Waals surface area contributed by atoms with Crippen molar-refractivity contribution in [3.8, 4) is 22.6 Å². The van der Waals surface area contributed by atoms with Gasteiger partial charge in [0, 0.05) is 17.2 Å². The minimum absolute atomic E-state index is 0.792. The van der Waals surface area contributed by atoms with Gasteiger partial charge in [-0.05, 0) is 39.7 Å². The van der Waals surface area contributed by atoms with Crippen LogP contribution in [0.3, 0.4) is 0 Å². The average Bonchev–Trinajstić information content (AvgIpc) is 2.65. The monoisotopic (exact) mass is 314 g/mol. The highest BCUT2D eigenvalue weighted by Gasteiger charge is 2.14. The second-order valence-corrected chi connectivity index (χ2v) is 5.76. The van der Waals surface area contributed by atoms with Gasteiger partial charge in [0.15, 0.2) is 0 Å². The van der Waals surface area contributed by atoms with Crippen molar-refractivity contribution in [2.75, 3.05) is 14.2 Å². The van der Waals surface area contributed by atoms with Crippen LogP contribution in [0.1, 0.15) is 0 Å². The molecule has 0 atom stereocenters. The maximum absolute atomic E-state index is 5.66. The zero-order chi connectivity index (χ0) is 16.5. The van der Waals surface area contributed by atoms with Gasteiger partial charge in [0.05, 0.1) is 14.2 Å². The van der Waals surface area contributed by atoms with Crippen molar-refractivity contribution in [1.29, 1.82) is 0 Å². The number of rotatable bonds is 3. The normalized spacial score (nSPS) is 10.9. The van der Waals surface area contributed by atoms with Crippen LogP contribution in [0.2, 0.25) is 0 Å². The van der Waals surface area contributed by atoms with Gasteiger partial charge in [-0.25, -0.2) is 0 Å². The van der Waals surface area contributed by atoms with Crippen molar-refractivity contribution in [3.05, 3.63) is 72.8 Å². The molecule has 4 rings (SSSR count). The second-order valence-electron chi connectivity index (χ2n) is 5.76. The molecule has 0 aliphatic heterocycles. The molecule has 0 bridgehead atoms. The fraction of sp³-hybridized carbons (Fsp3) is 0.0909. The minimum atomic E-state index is 0.792. The van der Waals surface area contributed by atoms with E-state index in [4.69, 9.17) is 9.47 Å². The highest BCUT2D eigenvalue weighted by atomic mass is 16.5. The molecule has 0 saturated heterocycles. The fourth-order valence-electron chi connectivity index (χ4n) is 3.31. The lowest BCUT2D eigenvalue weighted by atomic mass is 9.91. The number of hydrogen-bond acceptors (Lipinski definition) is 2. The number of methoxy groups -OCH3 is 2. The van der Waals surface area contributed by atoms with Crippen LogP contribution in [-0.4, -0.2) is 14.2 Å². The van der Waals surface area contributed by atoms with E-state index in [0.29, 0.717) is 0 Å². The van der Waals surface area contributed by atoms with Gasteiger partial charge in [0.1, 0.15) is 11.5 Å². The van der Waals surface area contributed by atoms with Crippen molar-refractivity contribution in [1.82, 2.24) is 0 Å². The van der Waals surface area contributed by atoms with Gasteiger partial charge in [-0.2, -0.15) is 0 Å². The van der Waals surface area contributed by atoms with Crippen LogP contribution < -0.4 is 9.47 Å². The summed E-state index contributed by atoms with van der Waals surface area (Å²) >= 11 is 0. The fourth-order valence-corrected chi connectivity index (χ4v) is 3.31. The Morgan fingerprint density at radius 2 is 1.25 bits per heavy atom. The molecule has 0 aromatic heterocycles. The Hall–Kier alpha value is -3.00. The molecule has 0 amide bonds. The first-order chi connectivity index (χ1) is 11.8. The van der Waals surface area contributed by atoms with E-state index in [1.807, 2.05) is 12.1 Å². The molecule has 0 aliphatic carbocycles. The highest BCUT2D eigenvalue weighted by Crippen LogP contribution is 2.41. The lowest BCUT2D eigenvalue weighted by Gasteiger charge is -2.15. The third-order valence-corrected chi connectivity index (χ3v) is 4.45. The van der Waals surface area contributed by atoms with Crippen LogP contribution >= 0.6 is 0 Å². The zero-order valence-corrected chi connectivity index (χ0v) is 13.7. The first kappa shape index (κ1) is 14.6. The predicted molar refractivity (Wildman–Crippen MR) is 100.0 cm³/mol. The van der Waals surface area contributed by atoms with Crippen LogP contribution in [-0.2, 0) is 0 Å². The van der Waals surface area contributed by atoms with Gasteiger partial charge in [0.2, 0.25) is 0 Å². The van der Waals surface area contributed by atoms with Crippen molar-refractivity contribution in [2.24, 2.45) is 0 Å². The minimum Gasteiger partial charge on any atom is -0.497 e. The van der Waals surface area contributed by atoms with Gasteiger partial charge in [-0.1, -0.05) is 48.5 Å². The van der Waals surface area contributed by atoms with E-state index in [0.717, 1.165) is 17.1 Å². The lowest BCUT2D eigenvalue weighted by Crippen LogP contribution is -1.92. The Morgan fingerprint density at radius 3 is 1.83 bits per heavy atom. The van der Waals surface area contributed by atoms with Gasteiger partial charge in [0.25, 0.3) is 0 Å². The molecule has 0 fully saturated rings. The summed E-state index contributed by atoms with van der Waals surface area (Å²) in [5.74, 6) is 1.61. The largest absolute Gasteiger partial charge is 0.497 e. The number of benzene rings is 4. The van der Waals surface area contributed by atoms with Crippen LogP contribution in [0.5, 0.6) is 11.5 Å². The molecule has 0 saturated carbocycles. The van der Waals surface area contributed by atoms with Crippen molar-refractivity contribution in [3.63, 3.8) is 0 Å². The van der Waals surface area contributed by atoms with E-state index in [2.05, 4.69) is 60.7 Å². The van der Waals surface area contributed by atoms with Crippen LogP contribution in [0.25, 0.3) is 32.7 Å². The van der Waals surface area contributed by atoms with Crippen LogP contribution in [0.4, 0.5) is 0 Å². The molecule has 0 aliphatic rings. The summed E-state index contributed by atoms with van der Waals surface area (Å²) in [5, 5.41) is 4.90. The van der Waals surface area contributed by atoms with E-state index >= 15 is 0 Å². The first-order valence-electron chi connectivity index (χ1n) is 7.94. The number of fused-ring (bicyclic) bond motifs is 2. The second kappa shape index (κ2) is 5.89. The van der Waals surface area contributed by atoms with Crippen molar-refractivity contribution >= 4 is 21.5 Å². The molecule has 0 N–H and O–H groups in total. The lowest BCUT2D eigenvalue weighted by molar-refractivity contribution is 0.395. The molecule has 2 heteroatoms. The van der Waals surface area contributed by atoms with Gasteiger partial charge < -0.3 is 9.47 Å². The van der Waals surface area contributed by atoms with Gasteiger partial charge >= 0.3 is 0 Å². The molecule has 4 aromatic rings. The molecule has 4 aromatic carbocycles. The first-order valence-corrected chi connectivity index (χ1v) is 7.94. The highest BCUT2D eigenvalue weighted by molar-refractivity contribution is 6.13. The molecule has 0 spiro atoms. The van der Waals surface area contributed by atoms with Gasteiger partial charge in [-0.15, -0.1) is 0 Å². The third-order valence-electron chi connectivity index (χ3n) is 4.45. The molecule has 24 heavy (non-hydrogen) atoms. The maximum Gasteiger partial charge on any atom is 0.130 e. The van der Waals surface area contributed by atoms with E-state index in [-0.39, 0.29) is 0 Å². The van der Waals surface area contributed by atoms with E-state index in [9.17, 15) is 0 Å². The quantitative estimate of drug-likeness (QED) is 0.453. The summed E-state index contributed by atoms with van der Waals surface area (Å²) in [6.07, 6.45) is 0. The topological polar surface area (TPSA) is 18.5 Å². The summed E-state index contributed by atoms with van der Waals surface area (Å²) in [7, 11) is 3.37. The molecule has 118 valence electrons. The Morgan fingerprint density at radius 1 is 0.625 bits per heavy atom. The summed E-state index contributed by atoms with van der Waals surface area (Å²) in [6, 6.07) is 25.2. The van der Waals surface area contributed by atoms with Crippen molar-refractivity contribution in [2.45, 2.75) is 0 Å². The molecular formula is C22H18O2. The molecule has 0 unspecified atom stereocenters. The standard InChI is InChI=1S/C22H18O2/c1-23-17-11-12-20(21(14-17)24-2)22-18-9-5-3-7-15(18)13-16-8-4-6-10-19(16)22/h3-14H,1-2H3. The molecular weight excluding hydrogens is 296 g/mol. The summed E-state index contributed by atoms with van der Waals surface area (Å²) in [5.41, 5.74) is 2.27. The summed E-state index contributed by atoms with van der Waals surface area (Å²) in [6.45, 7) is 0. The van der Waals surface area contributed by atoms with E-state index in [1.165, 1.54) is 27.1 Å². The van der Waals surface area contributed by atoms with Crippen LogP contribution in [0, 0.1) is 0 Å². The number of ether oxygens (including phenoxy) is 2. The zero-order valence-electron chi connectivity index (χ0n) is 13.7.